The molecule has 0 saturated carbocycles. The highest BCUT2D eigenvalue weighted by Gasteiger charge is 2.00. The maximum Gasteiger partial charge on any atom is 0.222 e. The van der Waals surface area contributed by atoms with Gasteiger partial charge in [-0.05, 0) is 37.1 Å². The molecular formula is C16H16N4. The summed E-state index contributed by atoms with van der Waals surface area (Å²) >= 11 is 0. The topological polar surface area (TPSA) is 53.1 Å². The monoisotopic (exact) mass is 264 g/mol. The number of hydrazone groups is 1. The van der Waals surface area contributed by atoms with Gasteiger partial charge >= 0.3 is 0 Å². The molecule has 4 nitrogen and oxygen atoms in total. The number of rotatable bonds is 3. The van der Waals surface area contributed by atoms with Crippen molar-refractivity contribution in [3.8, 4) is 0 Å². The number of H-pyrrole nitrogens is 1. The van der Waals surface area contributed by atoms with E-state index in [9.17, 15) is 0 Å². The average Bonchev–Trinajstić information content (AvgIpc) is 2.85. The second kappa shape index (κ2) is 5.17. The molecule has 3 rings (SSSR count). The number of aromatic amines is 1. The van der Waals surface area contributed by atoms with Crippen LogP contribution in [0.15, 0.2) is 47.6 Å². The highest BCUT2D eigenvalue weighted by Crippen LogP contribution is 2.13. The lowest BCUT2D eigenvalue weighted by atomic mass is 10.1. The zero-order valence-corrected chi connectivity index (χ0v) is 11.5. The Hall–Kier alpha value is -2.62. The van der Waals surface area contributed by atoms with Crippen LogP contribution >= 0.6 is 0 Å². The Labute approximate surface area is 117 Å². The summed E-state index contributed by atoms with van der Waals surface area (Å²) in [7, 11) is 0. The number of nitrogens with zero attached hydrogens (tertiary/aromatic N) is 2. The Morgan fingerprint density at radius 1 is 1.15 bits per heavy atom. The smallest absolute Gasteiger partial charge is 0.222 e. The van der Waals surface area contributed by atoms with Crippen LogP contribution < -0.4 is 5.43 Å². The van der Waals surface area contributed by atoms with E-state index in [4.69, 9.17) is 0 Å². The molecule has 0 spiro atoms. The van der Waals surface area contributed by atoms with Crippen molar-refractivity contribution in [1.29, 1.82) is 0 Å². The Morgan fingerprint density at radius 3 is 2.85 bits per heavy atom. The first kappa shape index (κ1) is 12.4. The predicted molar refractivity (Wildman–Crippen MR) is 83.2 cm³/mol. The number of imidazole rings is 1. The van der Waals surface area contributed by atoms with E-state index in [2.05, 4.69) is 52.5 Å². The van der Waals surface area contributed by atoms with Crippen molar-refractivity contribution in [1.82, 2.24) is 9.97 Å². The number of anilines is 1. The average molecular weight is 264 g/mol. The molecule has 1 heterocycles. The first-order valence-electron chi connectivity index (χ1n) is 6.53. The van der Waals surface area contributed by atoms with Crippen molar-refractivity contribution < 1.29 is 0 Å². The fourth-order valence-electron chi connectivity index (χ4n) is 2.07. The number of hydrogen-bond acceptors (Lipinski definition) is 3. The molecule has 0 bridgehead atoms. The third-order valence-electron chi connectivity index (χ3n) is 3.20. The summed E-state index contributed by atoms with van der Waals surface area (Å²) in [5.74, 6) is 0.646. The van der Waals surface area contributed by atoms with Gasteiger partial charge in [0.15, 0.2) is 0 Å². The molecule has 0 unspecified atom stereocenters. The molecular weight excluding hydrogens is 248 g/mol. The van der Waals surface area contributed by atoms with Gasteiger partial charge in [0, 0.05) is 0 Å². The maximum absolute atomic E-state index is 4.40. The lowest BCUT2D eigenvalue weighted by molar-refractivity contribution is 1.21. The number of nitrogens with one attached hydrogen (secondary N) is 2. The molecule has 0 aliphatic heterocycles. The van der Waals surface area contributed by atoms with Gasteiger partial charge in [-0.3, -0.25) is 0 Å². The van der Waals surface area contributed by atoms with Gasteiger partial charge in [0.05, 0.1) is 17.2 Å². The molecule has 0 fully saturated rings. The van der Waals surface area contributed by atoms with E-state index < -0.39 is 0 Å². The SMILES string of the molecule is Cc1ccc(C)c(/C=N/Nc2nc3ccccc3[nH]2)c1. The van der Waals surface area contributed by atoms with Crippen LogP contribution in [0.25, 0.3) is 11.0 Å². The fourth-order valence-corrected chi connectivity index (χ4v) is 2.07. The minimum Gasteiger partial charge on any atom is -0.323 e. The van der Waals surface area contributed by atoms with E-state index in [0.29, 0.717) is 5.95 Å². The second-order valence-corrected chi connectivity index (χ2v) is 4.83. The lowest BCUT2D eigenvalue weighted by Crippen LogP contribution is -1.94. The van der Waals surface area contributed by atoms with Gasteiger partial charge in [0.2, 0.25) is 5.95 Å². The lowest BCUT2D eigenvalue weighted by Gasteiger charge is -2.01. The summed E-state index contributed by atoms with van der Waals surface area (Å²) in [4.78, 5) is 7.58. The van der Waals surface area contributed by atoms with Crippen LogP contribution in [0.3, 0.4) is 0 Å². The summed E-state index contributed by atoms with van der Waals surface area (Å²) in [5.41, 5.74) is 8.38. The third-order valence-corrected chi connectivity index (χ3v) is 3.20. The zero-order chi connectivity index (χ0) is 13.9. The first-order chi connectivity index (χ1) is 9.72. The molecule has 0 aliphatic rings. The van der Waals surface area contributed by atoms with E-state index >= 15 is 0 Å². The van der Waals surface area contributed by atoms with Crippen molar-refractivity contribution in [2.24, 2.45) is 5.10 Å². The number of fused-ring (bicyclic) bond motifs is 1. The van der Waals surface area contributed by atoms with Gasteiger partial charge in [-0.2, -0.15) is 5.10 Å². The Balaban J connectivity index is 1.78. The standard InChI is InChI=1S/C16H16N4/c1-11-7-8-12(2)13(9-11)10-17-20-16-18-14-5-3-4-6-15(14)19-16/h3-10H,1-2H3,(H2,18,19,20)/b17-10+. The van der Waals surface area contributed by atoms with Gasteiger partial charge in [-0.15, -0.1) is 0 Å². The molecule has 100 valence electrons. The predicted octanol–water partition coefficient (Wildman–Crippen LogP) is 3.63. The van der Waals surface area contributed by atoms with Crippen molar-refractivity contribution in [3.63, 3.8) is 0 Å². The number of benzene rings is 2. The molecule has 2 aromatic carbocycles. The van der Waals surface area contributed by atoms with E-state index in [0.717, 1.165) is 16.6 Å². The van der Waals surface area contributed by atoms with E-state index in [1.807, 2.05) is 30.5 Å². The summed E-state index contributed by atoms with van der Waals surface area (Å²) in [6.45, 7) is 4.14. The minimum atomic E-state index is 0.646. The molecule has 0 aliphatic carbocycles. The summed E-state index contributed by atoms with van der Waals surface area (Å²) in [5, 5.41) is 4.24. The zero-order valence-electron chi connectivity index (χ0n) is 11.5. The van der Waals surface area contributed by atoms with E-state index in [1.165, 1.54) is 11.1 Å². The largest absolute Gasteiger partial charge is 0.323 e. The van der Waals surface area contributed by atoms with Crippen LogP contribution in [0, 0.1) is 13.8 Å². The van der Waals surface area contributed by atoms with Crippen LogP contribution in [0.1, 0.15) is 16.7 Å². The molecule has 20 heavy (non-hydrogen) atoms. The number of hydrogen-bond donors (Lipinski definition) is 2. The van der Waals surface area contributed by atoms with Crippen LogP contribution in [0.2, 0.25) is 0 Å². The molecule has 0 radical (unpaired) electrons. The molecule has 2 N–H and O–H groups in total. The second-order valence-electron chi connectivity index (χ2n) is 4.83. The minimum absolute atomic E-state index is 0.646. The molecule has 4 heteroatoms. The maximum atomic E-state index is 4.40. The van der Waals surface area contributed by atoms with Gasteiger partial charge < -0.3 is 4.98 Å². The van der Waals surface area contributed by atoms with Crippen LogP contribution in [0.4, 0.5) is 5.95 Å². The highest BCUT2D eigenvalue weighted by atomic mass is 15.3. The van der Waals surface area contributed by atoms with Crippen molar-refractivity contribution in [2.75, 3.05) is 5.43 Å². The number of para-hydroxylation sites is 2. The molecule has 0 atom stereocenters. The van der Waals surface area contributed by atoms with Crippen molar-refractivity contribution in [3.05, 3.63) is 59.2 Å². The summed E-state index contributed by atoms with van der Waals surface area (Å²) in [6, 6.07) is 14.2. The van der Waals surface area contributed by atoms with Crippen molar-refractivity contribution >= 4 is 23.2 Å². The van der Waals surface area contributed by atoms with Crippen LogP contribution in [-0.2, 0) is 0 Å². The summed E-state index contributed by atoms with van der Waals surface area (Å²) < 4.78 is 0. The fraction of sp³-hybridized carbons (Fsp3) is 0.125. The van der Waals surface area contributed by atoms with E-state index in [1.54, 1.807) is 0 Å². The van der Waals surface area contributed by atoms with Gasteiger partial charge in [-0.25, -0.2) is 10.4 Å². The van der Waals surface area contributed by atoms with E-state index in [-0.39, 0.29) is 0 Å². The Kier molecular flexibility index (Phi) is 3.21. The summed E-state index contributed by atoms with van der Waals surface area (Å²) in [6.07, 6.45) is 1.82. The number of aromatic nitrogens is 2. The van der Waals surface area contributed by atoms with Gasteiger partial charge in [0.1, 0.15) is 0 Å². The van der Waals surface area contributed by atoms with Crippen LogP contribution in [-0.4, -0.2) is 16.2 Å². The number of aryl methyl sites for hydroxylation is 2. The first-order valence-corrected chi connectivity index (χ1v) is 6.53. The highest BCUT2D eigenvalue weighted by molar-refractivity contribution is 5.82. The quantitative estimate of drug-likeness (QED) is 0.560. The Morgan fingerprint density at radius 2 is 2.00 bits per heavy atom. The Bertz CT molecular complexity index is 738. The van der Waals surface area contributed by atoms with Gasteiger partial charge in [0.25, 0.3) is 0 Å². The van der Waals surface area contributed by atoms with Crippen molar-refractivity contribution in [2.45, 2.75) is 13.8 Å². The van der Waals surface area contributed by atoms with Crippen LogP contribution in [0.5, 0.6) is 0 Å². The molecule has 1 aromatic heterocycles. The van der Waals surface area contributed by atoms with Gasteiger partial charge in [-0.1, -0.05) is 35.9 Å². The molecule has 3 aromatic rings. The molecule has 0 saturated heterocycles. The third kappa shape index (κ3) is 2.54. The normalized spacial score (nSPS) is 11.3. The molecule has 0 amide bonds.